The highest BCUT2D eigenvalue weighted by Crippen LogP contribution is 2.34. The molecule has 0 aliphatic heterocycles. The van der Waals surface area contributed by atoms with Crippen LogP contribution in [0.25, 0.3) is 0 Å². The molecule has 1 aliphatic carbocycles. The monoisotopic (exact) mass is 504 g/mol. The molecule has 104 valence electrons. The van der Waals surface area contributed by atoms with E-state index in [0.717, 1.165) is 12.8 Å². The van der Waals surface area contributed by atoms with E-state index in [1.807, 2.05) is 0 Å². The molecule has 0 spiro atoms. The zero-order chi connectivity index (χ0) is 13.8. The summed E-state index contributed by atoms with van der Waals surface area (Å²) >= 11 is 6.07. The fourth-order valence-corrected chi connectivity index (χ4v) is 5.53. The van der Waals surface area contributed by atoms with E-state index in [1.54, 1.807) is 24.1 Å². The lowest BCUT2D eigenvalue weighted by molar-refractivity contribution is -0.385. The molecule has 0 bridgehead atoms. The van der Waals surface area contributed by atoms with Crippen LogP contribution in [0.3, 0.4) is 0 Å². The minimum Gasteiger partial charge on any atom is -0.328 e. The highest BCUT2D eigenvalue weighted by molar-refractivity contribution is 14.1. The average Bonchev–Trinajstić information content (AvgIpc) is 2.38. The number of hydrogen-bond acceptors (Lipinski definition) is 4. The van der Waals surface area contributed by atoms with Crippen LogP contribution in [0.1, 0.15) is 32.1 Å². The number of anilines is 1. The maximum absolute atomic E-state index is 10.8. The minimum atomic E-state index is -0.345. The number of non-ortho nitro benzene ring substituents is 1. The smallest absolute Gasteiger partial charge is 0.271 e. The third-order valence-electron chi connectivity index (χ3n) is 3.12. The van der Waals surface area contributed by atoms with E-state index < -0.39 is 0 Å². The van der Waals surface area contributed by atoms with Crippen molar-refractivity contribution in [2.45, 2.75) is 37.4 Å². The average molecular weight is 504 g/mol. The summed E-state index contributed by atoms with van der Waals surface area (Å²) in [5.41, 5.74) is 1.16. The molecule has 4 nitrogen and oxygen atoms in total. The van der Waals surface area contributed by atoms with Gasteiger partial charge in [-0.3, -0.25) is 10.1 Å². The summed E-state index contributed by atoms with van der Waals surface area (Å²) in [6.07, 6.45) is 6.50. The van der Waals surface area contributed by atoms with Gasteiger partial charge in [0.15, 0.2) is 0 Å². The Hall–Kier alpha value is 0.230. The standard InChI is InChI=1S/C12H14I2N2O2S/c13-10-6-8(16(17)18)7-11(14)12(10)15-19-9-4-2-1-3-5-9/h6-7,9,15H,1-5H2. The number of benzene rings is 1. The van der Waals surface area contributed by atoms with Gasteiger partial charge in [-0.25, -0.2) is 0 Å². The van der Waals surface area contributed by atoms with Crippen LogP contribution in [-0.2, 0) is 0 Å². The number of rotatable bonds is 4. The zero-order valence-electron chi connectivity index (χ0n) is 10.2. The van der Waals surface area contributed by atoms with Crippen LogP contribution in [0, 0.1) is 17.3 Å². The maximum Gasteiger partial charge on any atom is 0.271 e. The fourth-order valence-electron chi connectivity index (χ4n) is 2.09. The highest BCUT2D eigenvalue weighted by atomic mass is 127. The van der Waals surface area contributed by atoms with Crippen molar-refractivity contribution in [1.29, 1.82) is 0 Å². The predicted molar refractivity (Wildman–Crippen MR) is 96.6 cm³/mol. The van der Waals surface area contributed by atoms with Crippen LogP contribution < -0.4 is 4.72 Å². The molecule has 2 rings (SSSR count). The molecule has 1 saturated carbocycles. The van der Waals surface area contributed by atoms with Gasteiger partial charge in [-0.1, -0.05) is 19.3 Å². The van der Waals surface area contributed by atoms with Gasteiger partial charge >= 0.3 is 0 Å². The van der Waals surface area contributed by atoms with Crippen molar-refractivity contribution >= 4 is 68.5 Å². The molecule has 19 heavy (non-hydrogen) atoms. The van der Waals surface area contributed by atoms with Gasteiger partial charge in [0, 0.05) is 24.5 Å². The van der Waals surface area contributed by atoms with Gasteiger partial charge in [0.05, 0.1) is 10.6 Å². The van der Waals surface area contributed by atoms with Crippen molar-refractivity contribution in [3.05, 3.63) is 29.4 Å². The van der Waals surface area contributed by atoms with Crippen LogP contribution in [0.4, 0.5) is 11.4 Å². The van der Waals surface area contributed by atoms with Gasteiger partial charge in [-0.15, -0.1) is 0 Å². The lowest BCUT2D eigenvalue weighted by Gasteiger charge is -2.22. The van der Waals surface area contributed by atoms with E-state index in [0.29, 0.717) is 5.25 Å². The summed E-state index contributed by atoms with van der Waals surface area (Å²) < 4.78 is 5.20. The molecule has 1 N–H and O–H groups in total. The van der Waals surface area contributed by atoms with Crippen molar-refractivity contribution in [2.75, 3.05) is 4.72 Å². The SMILES string of the molecule is O=[N+]([O-])c1cc(I)c(NSC2CCCCC2)c(I)c1. The summed E-state index contributed by atoms with van der Waals surface area (Å²) in [6.45, 7) is 0. The summed E-state index contributed by atoms with van der Waals surface area (Å²) in [4.78, 5) is 10.5. The van der Waals surface area contributed by atoms with E-state index in [2.05, 4.69) is 49.9 Å². The van der Waals surface area contributed by atoms with E-state index in [9.17, 15) is 10.1 Å². The van der Waals surface area contributed by atoms with Crippen LogP contribution >= 0.6 is 57.1 Å². The maximum atomic E-state index is 10.8. The Morgan fingerprint density at radius 2 is 1.79 bits per heavy atom. The Morgan fingerprint density at radius 1 is 1.21 bits per heavy atom. The van der Waals surface area contributed by atoms with Crippen LogP contribution in [0.15, 0.2) is 12.1 Å². The van der Waals surface area contributed by atoms with Crippen molar-refractivity contribution in [2.24, 2.45) is 0 Å². The van der Waals surface area contributed by atoms with Gasteiger partial charge in [0.1, 0.15) is 0 Å². The molecule has 1 aliphatic rings. The predicted octanol–water partition coefficient (Wildman–Crippen LogP) is 5.20. The number of nitrogens with zero attached hydrogens (tertiary/aromatic N) is 1. The summed E-state index contributed by atoms with van der Waals surface area (Å²) in [6, 6.07) is 3.24. The van der Waals surface area contributed by atoms with E-state index >= 15 is 0 Å². The number of halogens is 2. The Balaban J connectivity index is 2.05. The zero-order valence-corrected chi connectivity index (χ0v) is 15.3. The second-order valence-corrected chi connectivity index (χ2v) is 7.95. The van der Waals surface area contributed by atoms with Gasteiger partial charge in [0.25, 0.3) is 5.69 Å². The third-order valence-corrected chi connectivity index (χ3v) is 5.95. The third kappa shape index (κ3) is 4.35. The molecule has 0 unspecified atom stereocenters. The fraction of sp³-hybridized carbons (Fsp3) is 0.500. The van der Waals surface area contributed by atoms with Crippen LogP contribution in [-0.4, -0.2) is 10.2 Å². The Kier molecular flexibility index (Phi) is 6.00. The molecule has 1 aromatic carbocycles. The summed E-state index contributed by atoms with van der Waals surface area (Å²) in [7, 11) is 0. The molecule has 7 heteroatoms. The van der Waals surface area contributed by atoms with Crippen molar-refractivity contribution in [1.82, 2.24) is 0 Å². The first-order valence-electron chi connectivity index (χ1n) is 6.13. The molecule has 1 fully saturated rings. The van der Waals surface area contributed by atoms with E-state index in [-0.39, 0.29) is 10.6 Å². The quantitative estimate of drug-likeness (QED) is 0.265. The van der Waals surface area contributed by atoms with Gasteiger partial charge in [0.2, 0.25) is 0 Å². The molecule has 1 aromatic rings. The molecule has 0 atom stereocenters. The Morgan fingerprint density at radius 3 is 2.32 bits per heavy atom. The highest BCUT2D eigenvalue weighted by Gasteiger charge is 2.17. The Labute approximate surface area is 144 Å². The van der Waals surface area contributed by atoms with Crippen LogP contribution in [0.5, 0.6) is 0 Å². The lowest BCUT2D eigenvalue weighted by atomic mass is 10.0. The first-order valence-corrected chi connectivity index (χ1v) is 9.16. The second-order valence-electron chi connectivity index (χ2n) is 4.52. The number of hydrogen-bond donors (Lipinski definition) is 1. The van der Waals surface area contributed by atoms with Crippen molar-refractivity contribution in [3.63, 3.8) is 0 Å². The van der Waals surface area contributed by atoms with Gasteiger partial charge < -0.3 is 4.72 Å². The van der Waals surface area contributed by atoms with Crippen molar-refractivity contribution in [3.8, 4) is 0 Å². The van der Waals surface area contributed by atoms with E-state index in [1.165, 1.54) is 32.1 Å². The van der Waals surface area contributed by atoms with E-state index in [4.69, 9.17) is 0 Å². The normalized spacial score (nSPS) is 16.3. The first kappa shape index (κ1) is 15.6. The summed E-state index contributed by atoms with van der Waals surface area (Å²) in [5, 5.41) is 11.5. The Bertz CT molecular complexity index is 456. The van der Waals surface area contributed by atoms with Crippen LogP contribution in [0.2, 0.25) is 0 Å². The second kappa shape index (κ2) is 7.30. The molecule has 0 radical (unpaired) electrons. The summed E-state index contributed by atoms with van der Waals surface area (Å²) in [5.74, 6) is 0. The molecular formula is C12H14I2N2O2S. The van der Waals surface area contributed by atoms with Crippen molar-refractivity contribution < 1.29 is 4.92 Å². The molecule has 0 saturated heterocycles. The molecule has 0 aromatic heterocycles. The minimum absolute atomic E-state index is 0.155. The largest absolute Gasteiger partial charge is 0.328 e. The number of nitro groups is 1. The number of nitro benzene ring substituents is 1. The molecular weight excluding hydrogens is 490 g/mol. The first-order chi connectivity index (χ1) is 9.08. The topological polar surface area (TPSA) is 55.2 Å². The van der Waals surface area contributed by atoms with Gasteiger partial charge in [-0.05, 0) is 70.0 Å². The lowest BCUT2D eigenvalue weighted by Crippen LogP contribution is -2.11. The van der Waals surface area contributed by atoms with Gasteiger partial charge in [-0.2, -0.15) is 0 Å². The molecule has 0 amide bonds. The number of nitrogens with one attached hydrogen (secondary N) is 1. The molecule has 0 heterocycles.